The number of hydrogen-bond acceptors (Lipinski definition) is 3. The molecule has 0 saturated heterocycles. The lowest BCUT2D eigenvalue weighted by Crippen LogP contribution is -2.36. The Bertz CT molecular complexity index is 1030. The van der Waals surface area contributed by atoms with E-state index in [1.165, 1.54) is 0 Å². The predicted molar refractivity (Wildman–Crippen MR) is 114 cm³/mol. The molecule has 2 atom stereocenters. The van der Waals surface area contributed by atoms with Crippen molar-refractivity contribution in [3.05, 3.63) is 101 Å². The molecule has 3 aromatic rings. The monoisotopic (exact) mass is 394 g/mol. The first-order valence-corrected chi connectivity index (χ1v) is 10.7. The van der Waals surface area contributed by atoms with Gasteiger partial charge >= 0.3 is 0 Å². The van der Waals surface area contributed by atoms with E-state index in [0.717, 1.165) is 27.8 Å². The van der Waals surface area contributed by atoms with Crippen LogP contribution in [0.3, 0.4) is 0 Å². The van der Waals surface area contributed by atoms with Gasteiger partial charge in [0.05, 0.1) is 17.0 Å². The van der Waals surface area contributed by atoms with E-state index in [1.807, 2.05) is 93.6 Å². The van der Waals surface area contributed by atoms with E-state index >= 15 is 0 Å². The summed E-state index contributed by atoms with van der Waals surface area (Å²) in [5.41, 5.74) is 10.7. The molecule has 0 aliphatic heterocycles. The lowest BCUT2D eigenvalue weighted by atomic mass is 9.95. The summed E-state index contributed by atoms with van der Waals surface area (Å²) < 4.78 is 29.5. The maximum Gasteiger partial charge on any atom is 0.241 e. The molecule has 0 unspecified atom stereocenters. The highest BCUT2D eigenvalue weighted by Gasteiger charge is 2.29. The Morgan fingerprint density at radius 2 is 1.25 bits per heavy atom. The highest BCUT2D eigenvalue weighted by atomic mass is 32.2. The standard InChI is InChI=1S/C23H26N2O2S/c1-16-14-17(2)23(18(3)15-16)28(26,27)25-22(20-12-8-5-9-13-20)21(24)19-10-6-4-7-11-19/h4-15,21-22,25H,24H2,1-3H3/t21-,22+/m0/s1. The molecular weight excluding hydrogens is 368 g/mol. The highest BCUT2D eigenvalue weighted by molar-refractivity contribution is 7.89. The molecule has 3 rings (SSSR count). The van der Waals surface area contributed by atoms with Crippen LogP contribution >= 0.6 is 0 Å². The van der Waals surface area contributed by atoms with Gasteiger partial charge in [-0.15, -0.1) is 0 Å². The topological polar surface area (TPSA) is 72.2 Å². The summed E-state index contributed by atoms with van der Waals surface area (Å²) in [7, 11) is -3.77. The van der Waals surface area contributed by atoms with E-state index < -0.39 is 22.1 Å². The van der Waals surface area contributed by atoms with E-state index in [2.05, 4.69) is 4.72 Å². The molecular formula is C23H26N2O2S. The second-order valence-corrected chi connectivity index (χ2v) is 8.82. The summed E-state index contributed by atoms with van der Waals surface area (Å²) in [5.74, 6) is 0. The summed E-state index contributed by atoms with van der Waals surface area (Å²) in [4.78, 5) is 0.319. The van der Waals surface area contributed by atoms with Crippen molar-refractivity contribution in [1.29, 1.82) is 0 Å². The Balaban J connectivity index is 2.05. The van der Waals surface area contributed by atoms with Crippen molar-refractivity contribution >= 4 is 10.0 Å². The number of sulfonamides is 1. The van der Waals surface area contributed by atoms with E-state index in [1.54, 1.807) is 0 Å². The van der Waals surface area contributed by atoms with Crippen LogP contribution in [-0.4, -0.2) is 8.42 Å². The fraction of sp³-hybridized carbons (Fsp3) is 0.217. The van der Waals surface area contributed by atoms with E-state index in [9.17, 15) is 8.42 Å². The quantitative estimate of drug-likeness (QED) is 0.653. The lowest BCUT2D eigenvalue weighted by Gasteiger charge is -2.26. The molecule has 146 valence electrons. The molecule has 0 aromatic heterocycles. The normalized spacial score (nSPS) is 13.9. The zero-order chi connectivity index (χ0) is 20.3. The van der Waals surface area contributed by atoms with Crippen molar-refractivity contribution in [3.63, 3.8) is 0 Å². The van der Waals surface area contributed by atoms with Gasteiger partial charge in [-0.1, -0.05) is 78.4 Å². The Kier molecular flexibility index (Phi) is 5.98. The summed E-state index contributed by atoms with van der Waals surface area (Å²) in [6, 6.07) is 21.7. The molecule has 0 radical (unpaired) electrons. The molecule has 0 aliphatic rings. The number of benzene rings is 3. The number of nitrogens with one attached hydrogen (secondary N) is 1. The van der Waals surface area contributed by atoms with Crippen LogP contribution in [0.1, 0.15) is 39.9 Å². The molecule has 0 amide bonds. The first-order valence-electron chi connectivity index (χ1n) is 9.25. The summed E-state index contributed by atoms with van der Waals surface area (Å²) >= 11 is 0. The third-order valence-electron chi connectivity index (χ3n) is 4.86. The number of rotatable bonds is 6. The third kappa shape index (κ3) is 4.33. The van der Waals surface area contributed by atoms with Gasteiger partial charge in [0.25, 0.3) is 0 Å². The van der Waals surface area contributed by atoms with Gasteiger partial charge in [0.1, 0.15) is 0 Å². The van der Waals surface area contributed by atoms with Gasteiger partial charge in [-0.2, -0.15) is 0 Å². The second-order valence-electron chi connectivity index (χ2n) is 7.17. The fourth-order valence-electron chi connectivity index (χ4n) is 3.69. The van der Waals surface area contributed by atoms with Crippen LogP contribution in [0, 0.1) is 20.8 Å². The summed E-state index contributed by atoms with van der Waals surface area (Å²) in [5, 5.41) is 0. The highest BCUT2D eigenvalue weighted by Crippen LogP contribution is 2.30. The molecule has 3 aromatic carbocycles. The van der Waals surface area contributed by atoms with Gasteiger partial charge < -0.3 is 5.73 Å². The summed E-state index contributed by atoms with van der Waals surface area (Å²) in [6.45, 7) is 5.61. The van der Waals surface area contributed by atoms with Crippen LogP contribution < -0.4 is 10.5 Å². The Morgan fingerprint density at radius 1 is 0.786 bits per heavy atom. The Labute approximate surface area is 167 Å². The Hall–Kier alpha value is -2.47. The molecule has 0 spiro atoms. The van der Waals surface area contributed by atoms with Crippen LogP contribution in [0.5, 0.6) is 0 Å². The predicted octanol–water partition coefficient (Wildman–Crippen LogP) is 4.33. The van der Waals surface area contributed by atoms with Crippen molar-refractivity contribution in [2.24, 2.45) is 5.73 Å². The zero-order valence-electron chi connectivity index (χ0n) is 16.4. The number of aryl methyl sites for hydroxylation is 3. The van der Waals surface area contributed by atoms with Crippen molar-refractivity contribution in [2.45, 2.75) is 37.8 Å². The van der Waals surface area contributed by atoms with E-state index in [4.69, 9.17) is 5.73 Å². The number of nitrogens with two attached hydrogens (primary N) is 1. The lowest BCUT2D eigenvalue weighted by molar-refractivity contribution is 0.503. The maximum absolute atomic E-state index is 13.3. The molecule has 28 heavy (non-hydrogen) atoms. The maximum atomic E-state index is 13.3. The third-order valence-corrected chi connectivity index (χ3v) is 6.60. The van der Waals surface area contributed by atoms with Crippen molar-refractivity contribution in [1.82, 2.24) is 4.72 Å². The molecule has 0 bridgehead atoms. The second kappa shape index (κ2) is 8.27. The SMILES string of the molecule is Cc1cc(C)c(S(=O)(=O)N[C@H](c2ccccc2)[C@@H](N)c2ccccc2)c(C)c1. The van der Waals surface area contributed by atoms with Gasteiger partial charge in [0.2, 0.25) is 10.0 Å². The average Bonchev–Trinajstić information content (AvgIpc) is 2.66. The molecule has 4 nitrogen and oxygen atoms in total. The molecule has 0 aliphatic carbocycles. The van der Waals surface area contributed by atoms with Crippen LogP contribution in [-0.2, 0) is 10.0 Å². The van der Waals surface area contributed by atoms with Crippen LogP contribution in [0.15, 0.2) is 77.7 Å². The van der Waals surface area contributed by atoms with E-state index in [0.29, 0.717) is 4.90 Å². The van der Waals surface area contributed by atoms with Crippen molar-refractivity contribution < 1.29 is 8.42 Å². The molecule has 0 heterocycles. The minimum absolute atomic E-state index is 0.319. The summed E-state index contributed by atoms with van der Waals surface area (Å²) in [6.07, 6.45) is 0. The smallest absolute Gasteiger partial charge is 0.241 e. The molecule has 0 saturated carbocycles. The van der Waals surface area contributed by atoms with Gasteiger partial charge in [-0.3, -0.25) is 0 Å². The zero-order valence-corrected chi connectivity index (χ0v) is 17.2. The minimum atomic E-state index is -3.77. The van der Waals surface area contributed by atoms with Gasteiger partial charge in [0, 0.05) is 0 Å². The van der Waals surface area contributed by atoms with Crippen molar-refractivity contribution in [3.8, 4) is 0 Å². The average molecular weight is 395 g/mol. The minimum Gasteiger partial charge on any atom is -0.322 e. The first kappa shape index (κ1) is 20.3. The van der Waals surface area contributed by atoms with Crippen LogP contribution in [0.2, 0.25) is 0 Å². The fourth-order valence-corrected chi connectivity index (χ4v) is 5.39. The van der Waals surface area contributed by atoms with E-state index in [-0.39, 0.29) is 0 Å². The molecule has 5 heteroatoms. The first-order chi connectivity index (χ1) is 13.3. The molecule has 0 fully saturated rings. The molecule has 3 N–H and O–H groups in total. The van der Waals surface area contributed by atoms with Crippen LogP contribution in [0.25, 0.3) is 0 Å². The van der Waals surface area contributed by atoms with Gasteiger partial charge in [0.15, 0.2) is 0 Å². The van der Waals surface area contributed by atoms with Gasteiger partial charge in [-0.25, -0.2) is 13.1 Å². The number of hydrogen-bond donors (Lipinski definition) is 2. The van der Waals surface area contributed by atoms with Gasteiger partial charge in [-0.05, 0) is 43.0 Å². The van der Waals surface area contributed by atoms with Crippen molar-refractivity contribution in [2.75, 3.05) is 0 Å². The largest absolute Gasteiger partial charge is 0.322 e. The van der Waals surface area contributed by atoms with Crippen LogP contribution in [0.4, 0.5) is 0 Å². The Morgan fingerprint density at radius 3 is 1.75 bits per heavy atom.